The fourth-order valence-corrected chi connectivity index (χ4v) is 6.32. The number of pyridine rings is 1. The number of nitrogens with one attached hydrogen (secondary N) is 2. The summed E-state index contributed by atoms with van der Waals surface area (Å²) in [5, 5.41) is 22.3. The molecule has 0 aliphatic carbocycles. The number of H-pyrrole nitrogens is 2. The molecule has 2 amide bonds. The van der Waals surface area contributed by atoms with Gasteiger partial charge >= 0.3 is 0 Å². The maximum atomic E-state index is 12.8. The average molecular weight is 690 g/mol. The van der Waals surface area contributed by atoms with E-state index in [-0.39, 0.29) is 23.7 Å². The molecule has 2 unspecified atom stereocenters. The normalized spacial score (nSPS) is 17.7. The minimum Gasteiger partial charge on any atom is -0.337 e. The summed E-state index contributed by atoms with van der Waals surface area (Å²) in [5.74, 6) is 1.19. The lowest BCUT2D eigenvalue weighted by molar-refractivity contribution is 0.0777. The van der Waals surface area contributed by atoms with E-state index in [9.17, 15) is 9.59 Å². The minimum absolute atomic E-state index is 0.00204. The van der Waals surface area contributed by atoms with Crippen molar-refractivity contribution in [3.05, 3.63) is 119 Å². The van der Waals surface area contributed by atoms with Gasteiger partial charge in [-0.3, -0.25) is 24.8 Å². The third-order valence-electron chi connectivity index (χ3n) is 9.40. The summed E-state index contributed by atoms with van der Waals surface area (Å²) in [4.78, 5) is 33.7. The monoisotopic (exact) mass is 689 g/mol. The second-order valence-corrected chi connectivity index (χ2v) is 13.8. The van der Waals surface area contributed by atoms with Gasteiger partial charge in [0.1, 0.15) is 11.4 Å². The zero-order chi connectivity index (χ0) is 36.3. The van der Waals surface area contributed by atoms with Gasteiger partial charge in [0.2, 0.25) is 0 Å². The molecule has 2 atom stereocenters. The van der Waals surface area contributed by atoms with Crippen molar-refractivity contribution in [1.82, 2.24) is 45.4 Å². The van der Waals surface area contributed by atoms with E-state index in [4.69, 9.17) is 4.98 Å². The van der Waals surface area contributed by atoms with Gasteiger partial charge in [0.25, 0.3) is 11.8 Å². The van der Waals surface area contributed by atoms with E-state index in [1.165, 1.54) is 5.57 Å². The molecular formula is C40H51N9O2. The molecule has 0 spiro atoms. The molecule has 11 heteroatoms. The van der Waals surface area contributed by atoms with Crippen LogP contribution < -0.4 is 0 Å². The summed E-state index contributed by atoms with van der Waals surface area (Å²) in [6, 6.07) is 11.8. The number of hydrogen-bond donors (Lipinski definition) is 2. The van der Waals surface area contributed by atoms with Crippen LogP contribution in [-0.2, 0) is 0 Å². The lowest BCUT2D eigenvalue weighted by Crippen LogP contribution is -2.28. The summed E-state index contributed by atoms with van der Waals surface area (Å²) in [7, 11) is 0. The van der Waals surface area contributed by atoms with Crippen molar-refractivity contribution in [3.8, 4) is 0 Å². The van der Waals surface area contributed by atoms with Crippen molar-refractivity contribution in [3.63, 3.8) is 0 Å². The second kappa shape index (κ2) is 17.6. The summed E-state index contributed by atoms with van der Waals surface area (Å²) in [6.07, 6.45) is 15.6. The molecule has 0 radical (unpaired) electrons. The summed E-state index contributed by atoms with van der Waals surface area (Å²) in [5.41, 5.74) is 7.28. The molecule has 4 aromatic heterocycles. The van der Waals surface area contributed by atoms with E-state index in [0.717, 1.165) is 67.1 Å². The van der Waals surface area contributed by atoms with Crippen molar-refractivity contribution >= 4 is 17.4 Å². The van der Waals surface area contributed by atoms with Gasteiger partial charge in [-0.2, -0.15) is 20.4 Å². The molecule has 0 saturated carbocycles. The molecule has 2 saturated heterocycles. The Labute approximate surface area is 301 Å². The van der Waals surface area contributed by atoms with E-state index in [2.05, 4.69) is 102 Å². The number of nitrogens with zero attached hydrogens (tertiary/aromatic N) is 7. The van der Waals surface area contributed by atoms with E-state index in [1.54, 1.807) is 6.20 Å². The Morgan fingerprint density at radius 3 is 1.98 bits per heavy atom. The van der Waals surface area contributed by atoms with Crippen LogP contribution in [0.2, 0.25) is 0 Å². The highest BCUT2D eigenvalue weighted by atomic mass is 16.2. The third-order valence-corrected chi connectivity index (χ3v) is 9.40. The largest absolute Gasteiger partial charge is 0.337 e. The van der Waals surface area contributed by atoms with E-state index in [0.29, 0.717) is 36.3 Å². The minimum atomic E-state index is -0.00968. The lowest BCUT2D eigenvalue weighted by atomic mass is 10.0. The van der Waals surface area contributed by atoms with Crippen molar-refractivity contribution in [2.45, 2.75) is 84.0 Å². The second-order valence-electron chi connectivity index (χ2n) is 13.8. The first-order valence-corrected chi connectivity index (χ1v) is 18.1. The number of carbonyl (C=O) groups is 2. The van der Waals surface area contributed by atoms with Crippen LogP contribution in [0.15, 0.2) is 79.7 Å². The average Bonchev–Trinajstić information content (AvgIpc) is 3.98. The first-order chi connectivity index (χ1) is 24.7. The number of allylic oxidation sites excluding steroid dienone is 5. The molecule has 0 bridgehead atoms. The zero-order valence-corrected chi connectivity index (χ0v) is 30.5. The Morgan fingerprint density at radius 1 is 0.902 bits per heavy atom. The van der Waals surface area contributed by atoms with Crippen LogP contribution in [0.1, 0.15) is 133 Å². The van der Waals surface area contributed by atoms with Crippen LogP contribution in [0.25, 0.3) is 5.57 Å². The van der Waals surface area contributed by atoms with E-state index < -0.39 is 0 Å². The first-order valence-electron chi connectivity index (χ1n) is 18.1. The van der Waals surface area contributed by atoms with Crippen LogP contribution in [0.4, 0.5) is 0 Å². The molecule has 2 N–H and O–H groups in total. The van der Waals surface area contributed by atoms with Crippen molar-refractivity contribution in [1.29, 1.82) is 0 Å². The standard InChI is InChI=1S/C25H32N4O.C15H19N5O/c1-5-7-8-10-19(9-6-2)20-11-12-22(26-16-20)21-13-14-29(17-21)25(30)24-15-23(18(3)4)27-28-24;1-10(2)13-8-14(19-18-13)15(21)20-7-5-11(9-20)12-4-3-6-16-17-12/h5,8-12,15-16,18,21H,1,6-7,13-14,17H2,2-4H3,(H,27,28);3-4,6,8,10-11H,5,7,9H2,1-2H3,(H,18,19)/b10-8?,19-9+;. The number of aromatic nitrogens is 7. The Kier molecular flexibility index (Phi) is 12.8. The van der Waals surface area contributed by atoms with Gasteiger partial charge in [0.15, 0.2) is 0 Å². The fourth-order valence-electron chi connectivity index (χ4n) is 6.32. The van der Waals surface area contributed by atoms with Crippen LogP contribution in [0, 0.1) is 0 Å². The van der Waals surface area contributed by atoms with Gasteiger partial charge < -0.3 is 9.80 Å². The maximum Gasteiger partial charge on any atom is 0.274 e. The molecule has 6 rings (SSSR count). The Morgan fingerprint density at radius 2 is 1.51 bits per heavy atom. The number of amides is 2. The van der Waals surface area contributed by atoms with Crippen LogP contribution >= 0.6 is 0 Å². The number of carbonyl (C=O) groups excluding carboxylic acids is 2. The number of likely N-dealkylation sites (tertiary alicyclic amines) is 2. The maximum absolute atomic E-state index is 12.8. The SMILES string of the molecule is C=CCC=C/C(=C\CC)c1ccc(C2CCN(C(=O)c3cc(C(C)C)[nH]n3)C2)nc1.CC(C)c1cc(C(=O)N2CCC(c3cccnn3)C2)n[nH]1. The topological polar surface area (TPSA) is 137 Å². The molecule has 51 heavy (non-hydrogen) atoms. The molecular weight excluding hydrogens is 639 g/mol. The smallest absolute Gasteiger partial charge is 0.274 e. The van der Waals surface area contributed by atoms with Crippen molar-refractivity contribution < 1.29 is 9.59 Å². The van der Waals surface area contributed by atoms with Crippen LogP contribution in [0.3, 0.4) is 0 Å². The van der Waals surface area contributed by atoms with Gasteiger partial charge in [-0.05, 0) is 79.0 Å². The highest BCUT2D eigenvalue weighted by molar-refractivity contribution is 5.93. The van der Waals surface area contributed by atoms with Gasteiger partial charge in [0, 0.05) is 67.5 Å². The van der Waals surface area contributed by atoms with E-state index >= 15 is 0 Å². The molecule has 2 fully saturated rings. The molecule has 4 aromatic rings. The Bertz CT molecular complexity index is 1800. The van der Waals surface area contributed by atoms with Crippen LogP contribution in [-0.4, -0.2) is 83.4 Å². The Balaban J connectivity index is 0.000000210. The molecule has 268 valence electrons. The summed E-state index contributed by atoms with van der Waals surface area (Å²) >= 11 is 0. The van der Waals surface area contributed by atoms with Crippen LogP contribution in [0.5, 0.6) is 0 Å². The number of rotatable bonds is 11. The third kappa shape index (κ3) is 9.53. The molecule has 11 nitrogen and oxygen atoms in total. The quantitative estimate of drug-likeness (QED) is 0.123. The predicted octanol–water partition coefficient (Wildman–Crippen LogP) is 7.44. The predicted molar refractivity (Wildman–Crippen MR) is 200 cm³/mol. The highest BCUT2D eigenvalue weighted by Crippen LogP contribution is 2.29. The summed E-state index contributed by atoms with van der Waals surface area (Å²) < 4.78 is 0. The molecule has 6 heterocycles. The first kappa shape index (κ1) is 37.1. The van der Waals surface area contributed by atoms with Gasteiger partial charge in [-0.25, -0.2) is 0 Å². The van der Waals surface area contributed by atoms with Gasteiger partial charge in [-0.1, -0.05) is 65.0 Å². The van der Waals surface area contributed by atoms with Crippen molar-refractivity contribution in [2.24, 2.45) is 0 Å². The molecule has 2 aliphatic rings. The van der Waals surface area contributed by atoms with E-state index in [1.807, 2.05) is 46.3 Å². The fraction of sp³-hybridized carbons (Fsp3) is 0.425. The lowest BCUT2D eigenvalue weighted by Gasteiger charge is -2.15. The molecule has 2 aliphatic heterocycles. The Hall–Kier alpha value is -5.19. The van der Waals surface area contributed by atoms with Gasteiger partial charge in [-0.15, -0.1) is 6.58 Å². The highest BCUT2D eigenvalue weighted by Gasteiger charge is 2.31. The zero-order valence-electron chi connectivity index (χ0n) is 30.5. The number of hydrogen-bond acceptors (Lipinski definition) is 7. The number of aromatic amines is 2. The summed E-state index contributed by atoms with van der Waals surface area (Å²) in [6.45, 7) is 17.1. The van der Waals surface area contributed by atoms with Crippen molar-refractivity contribution in [2.75, 3.05) is 26.2 Å². The van der Waals surface area contributed by atoms with Gasteiger partial charge in [0.05, 0.1) is 5.69 Å². The molecule has 0 aromatic carbocycles.